The summed E-state index contributed by atoms with van der Waals surface area (Å²) in [5.41, 5.74) is 1.36. The van der Waals surface area contributed by atoms with Crippen LogP contribution in [0.25, 0.3) is 11.6 Å². The lowest BCUT2D eigenvalue weighted by Gasteiger charge is -2.23. The first-order chi connectivity index (χ1) is 15.0. The number of oxazole rings is 1. The number of nitrogens with one attached hydrogen (secondary N) is 1. The van der Waals surface area contributed by atoms with Crippen molar-refractivity contribution in [3.63, 3.8) is 0 Å². The Hall–Kier alpha value is -3.29. The van der Waals surface area contributed by atoms with Crippen molar-refractivity contribution in [3.05, 3.63) is 65.6 Å². The van der Waals surface area contributed by atoms with E-state index in [0.717, 1.165) is 32.0 Å². The van der Waals surface area contributed by atoms with Gasteiger partial charge in [0.25, 0.3) is 5.91 Å². The van der Waals surface area contributed by atoms with Crippen LogP contribution in [0.2, 0.25) is 0 Å². The molecule has 0 spiro atoms. The molecule has 0 saturated heterocycles. The van der Waals surface area contributed by atoms with Gasteiger partial charge in [-0.3, -0.25) is 4.79 Å². The fraction of sp³-hybridized carbons (Fsp3) is 0.348. The van der Waals surface area contributed by atoms with E-state index in [1.807, 2.05) is 0 Å². The van der Waals surface area contributed by atoms with Crippen molar-refractivity contribution < 1.29 is 18.0 Å². The van der Waals surface area contributed by atoms with Crippen LogP contribution in [0.1, 0.15) is 42.6 Å². The van der Waals surface area contributed by atoms with E-state index in [2.05, 4.69) is 34.0 Å². The van der Waals surface area contributed by atoms with Gasteiger partial charge < -0.3 is 14.6 Å². The minimum atomic E-state index is -0.636. The van der Waals surface area contributed by atoms with Gasteiger partial charge in [-0.15, -0.1) is 0 Å². The molecule has 0 atom stereocenters. The number of benzene rings is 1. The van der Waals surface area contributed by atoms with E-state index in [9.17, 15) is 13.6 Å². The SMILES string of the molecule is CCCN(CCC)c1cc(C(=O)NCCc2cc(F)cc(F)c2)cc(-c2ncco2)n1. The first kappa shape index (κ1) is 22.4. The van der Waals surface area contributed by atoms with E-state index in [-0.39, 0.29) is 12.5 Å². The van der Waals surface area contributed by atoms with Crippen LogP contribution >= 0.6 is 0 Å². The van der Waals surface area contributed by atoms with Crippen molar-refractivity contribution in [2.75, 3.05) is 24.5 Å². The fourth-order valence-electron chi connectivity index (χ4n) is 3.33. The van der Waals surface area contributed by atoms with Gasteiger partial charge in [-0.1, -0.05) is 13.8 Å². The number of anilines is 1. The third-order valence-corrected chi connectivity index (χ3v) is 4.66. The van der Waals surface area contributed by atoms with Crippen molar-refractivity contribution in [1.29, 1.82) is 0 Å². The van der Waals surface area contributed by atoms with Gasteiger partial charge in [0.15, 0.2) is 0 Å². The van der Waals surface area contributed by atoms with E-state index in [4.69, 9.17) is 4.42 Å². The molecular formula is C23H26F2N4O2. The molecule has 0 radical (unpaired) electrons. The topological polar surface area (TPSA) is 71.3 Å². The summed E-state index contributed by atoms with van der Waals surface area (Å²) in [6.07, 6.45) is 5.17. The highest BCUT2D eigenvalue weighted by molar-refractivity contribution is 5.95. The average molecular weight is 428 g/mol. The molecule has 2 heterocycles. The first-order valence-electron chi connectivity index (χ1n) is 10.4. The molecule has 2 aromatic heterocycles. The van der Waals surface area contributed by atoms with Crippen LogP contribution in [-0.4, -0.2) is 35.5 Å². The van der Waals surface area contributed by atoms with Crippen LogP contribution < -0.4 is 10.2 Å². The Morgan fingerprint density at radius 3 is 2.39 bits per heavy atom. The number of pyridine rings is 1. The maximum absolute atomic E-state index is 13.3. The molecule has 0 aliphatic rings. The van der Waals surface area contributed by atoms with Gasteiger partial charge in [0, 0.05) is 31.3 Å². The molecule has 0 bridgehead atoms. The Balaban J connectivity index is 1.80. The average Bonchev–Trinajstić information content (AvgIpc) is 3.27. The van der Waals surface area contributed by atoms with Gasteiger partial charge in [-0.25, -0.2) is 18.7 Å². The summed E-state index contributed by atoms with van der Waals surface area (Å²) in [7, 11) is 0. The number of amides is 1. The summed E-state index contributed by atoms with van der Waals surface area (Å²) >= 11 is 0. The molecule has 0 unspecified atom stereocenters. The molecule has 8 heteroatoms. The normalized spacial score (nSPS) is 10.8. The second-order valence-electron chi connectivity index (χ2n) is 7.21. The highest BCUT2D eigenvalue weighted by Crippen LogP contribution is 2.23. The van der Waals surface area contributed by atoms with Gasteiger partial charge in [-0.2, -0.15) is 0 Å². The molecule has 0 aliphatic carbocycles. The third kappa shape index (κ3) is 6.10. The number of carbonyl (C=O) groups is 1. The Morgan fingerprint density at radius 2 is 1.77 bits per heavy atom. The molecule has 164 valence electrons. The molecule has 0 fully saturated rings. The summed E-state index contributed by atoms with van der Waals surface area (Å²) in [5, 5.41) is 2.81. The minimum Gasteiger partial charge on any atom is -0.443 e. The molecule has 1 amide bonds. The smallest absolute Gasteiger partial charge is 0.251 e. The second-order valence-corrected chi connectivity index (χ2v) is 7.21. The van der Waals surface area contributed by atoms with Gasteiger partial charge in [-0.05, 0) is 49.1 Å². The van der Waals surface area contributed by atoms with Gasteiger partial charge >= 0.3 is 0 Å². The Labute approximate surface area is 180 Å². The monoisotopic (exact) mass is 428 g/mol. The lowest BCUT2D eigenvalue weighted by Crippen LogP contribution is -2.28. The zero-order valence-corrected chi connectivity index (χ0v) is 17.7. The van der Waals surface area contributed by atoms with E-state index < -0.39 is 11.6 Å². The van der Waals surface area contributed by atoms with E-state index in [0.29, 0.717) is 35.0 Å². The van der Waals surface area contributed by atoms with Crippen LogP contribution in [0, 0.1) is 11.6 Å². The van der Waals surface area contributed by atoms with Crippen LogP contribution in [0.15, 0.2) is 47.2 Å². The predicted molar refractivity (Wildman–Crippen MR) is 115 cm³/mol. The molecule has 0 aliphatic heterocycles. The summed E-state index contributed by atoms with van der Waals surface area (Å²) in [4.78, 5) is 23.7. The number of carbonyl (C=O) groups excluding carboxylic acids is 1. The van der Waals surface area contributed by atoms with Crippen LogP contribution in [0.3, 0.4) is 0 Å². The standard InChI is InChI=1S/C23H26F2N4O2/c1-3-8-29(9-4-2)21-14-17(13-20(28-21)23-27-7-10-31-23)22(30)26-6-5-16-11-18(24)15-19(25)12-16/h7,10-15H,3-6,8-9H2,1-2H3,(H,26,30). The number of rotatable bonds is 10. The summed E-state index contributed by atoms with van der Waals surface area (Å²) in [5.74, 6) is -0.567. The van der Waals surface area contributed by atoms with Gasteiger partial charge in [0.2, 0.25) is 5.89 Å². The summed E-state index contributed by atoms with van der Waals surface area (Å²) < 4.78 is 32.1. The lowest BCUT2D eigenvalue weighted by molar-refractivity contribution is 0.0954. The second kappa shape index (κ2) is 10.7. The van der Waals surface area contributed by atoms with Crippen molar-refractivity contribution >= 4 is 11.7 Å². The highest BCUT2D eigenvalue weighted by atomic mass is 19.1. The maximum Gasteiger partial charge on any atom is 0.251 e. The number of aromatic nitrogens is 2. The zero-order valence-electron chi connectivity index (χ0n) is 17.7. The molecular weight excluding hydrogens is 402 g/mol. The molecule has 0 saturated carbocycles. The van der Waals surface area contributed by atoms with Crippen LogP contribution in [0.5, 0.6) is 0 Å². The minimum absolute atomic E-state index is 0.237. The van der Waals surface area contributed by atoms with Crippen LogP contribution in [0.4, 0.5) is 14.6 Å². The predicted octanol–water partition coefficient (Wildman–Crippen LogP) is 4.61. The van der Waals surface area contributed by atoms with E-state index >= 15 is 0 Å². The number of hydrogen-bond donors (Lipinski definition) is 1. The Kier molecular flexibility index (Phi) is 7.70. The van der Waals surface area contributed by atoms with Crippen molar-refractivity contribution in [2.45, 2.75) is 33.1 Å². The quantitative estimate of drug-likeness (QED) is 0.510. The van der Waals surface area contributed by atoms with Crippen LogP contribution in [-0.2, 0) is 6.42 Å². The Morgan fingerprint density at radius 1 is 1.06 bits per heavy atom. The van der Waals surface area contributed by atoms with E-state index in [1.54, 1.807) is 12.1 Å². The largest absolute Gasteiger partial charge is 0.443 e. The van der Waals surface area contributed by atoms with Gasteiger partial charge in [0.1, 0.15) is 29.4 Å². The molecule has 1 aromatic carbocycles. The van der Waals surface area contributed by atoms with Crippen molar-refractivity contribution in [1.82, 2.24) is 15.3 Å². The number of hydrogen-bond acceptors (Lipinski definition) is 5. The molecule has 3 aromatic rings. The molecule has 31 heavy (non-hydrogen) atoms. The van der Waals surface area contributed by atoms with Gasteiger partial charge in [0.05, 0.1) is 6.20 Å². The Bertz CT molecular complexity index is 983. The van der Waals surface area contributed by atoms with E-state index in [1.165, 1.54) is 24.6 Å². The number of halogens is 2. The third-order valence-electron chi connectivity index (χ3n) is 4.66. The highest BCUT2D eigenvalue weighted by Gasteiger charge is 2.16. The molecule has 1 N–H and O–H groups in total. The first-order valence-corrected chi connectivity index (χ1v) is 10.4. The lowest BCUT2D eigenvalue weighted by atomic mass is 10.1. The summed E-state index contributed by atoms with van der Waals surface area (Å²) in [6, 6.07) is 6.71. The maximum atomic E-state index is 13.3. The van der Waals surface area contributed by atoms with Crippen molar-refractivity contribution in [2.24, 2.45) is 0 Å². The number of nitrogens with zero attached hydrogens (tertiary/aromatic N) is 3. The fourth-order valence-corrected chi connectivity index (χ4v) is 3.33. The molecule has 6 nitrogen and oxygen atoms in total. The van der Waals surface area contributed by atoms with Crippen molar-refractivity contribution in [3.8, 4) is 11.6 Å². The molecule has 3 rings (SSSR count). The zero-order chi connectivity index (χ0) is 22.2. The summed E-state index contributed by atoms with van der Waals surface area (Å²) in [6.45, 7) is 6.03.